The number of carbonyl (C=O) groups excluding carboxylic acids is 2. The minimum Gasteiger partial charge on any atom is -0.477 e. The Labute approximate surface area is 141 Å². The van der Waals surface area contributed by atoms with Crippen molar-refractivity contribution in [2.45, 2.75) is 32.7 Å². The highest BCUT2D eigenvalue weighted by atomic mass is 16.4. The molecule has 2 rings (SSSR count). The molecular weight excluding hydrogens is 310 g/mol. The predicted molar refractivity (Wildman–Crippen MR) is 87.7 cm³/mol. The van der Waals surface area contributed by atoms with Gasteiger partial charge in [-0.05, 0) is 38.8 Å². The molecule has 1 fully saturated rings. The lowest BCUT2D eigenvalue weighted by atomic mass is 9.94. The molecule has 1 aromatic heterocycles. The molecule has 0 atom stereocenters. The summed E-state index contributed by atoms with van der Waals surface area (Å²) in [6.45, 7) is 4.98. The molecule has 0 unspecified atom stereocenters. The Kier molecular flexibility index (Phi) is 5.54. The second-order valence-electron chi connectivity index (χ2n) is 6.35. The van der Waals surface area contributed by atoms with E-state index in [0.717, 1.165) is 0 Å². The van der Waals surface area contributed by atoms with Gasteiger partial charge in [0.15, 0.2) is 0 Å². The van der Waals surface area contributed by atoms with Gasteiger partial charge in [-0.2, -0.15) is 0 Å². The summed E-state index contributed by atoms with van der Waals surface area (Å²) in [5, 5.41) is 8.83. The number of carboxylic acids is 1. The summed E-state index contributed by atoms with van der Waals surface area (Å²) in [5.74, 6) is -1.22. The van der Waals surface area contributed by atoms with E-state index in [1.807, 2.05) is 13.8 Å². The molecular formula is C17H23N3O4. The van der Waals surface area contributed by atoms with Crippen LogP contribution in [0.4, 0.5) is 0 Å². The van der Waals surface area contributed by atoms with Crippen molar-refractivity contribution < 1.29 is 19.5 Å². The van der Waals surface area contributed by atoms with E-state index < -0.39 is 5.97 Å². The van der Waals surface area contributed by atoms with Gasteiger partial charge in [0.2, 0.25) is 5.91 Å². The standard InChI is InChI=1S/C17H23N3O4/c1-11(2)19(3)15(21)12-6-8-20(9-7-12)16(22)13-4-5-14(17(23)24)18-10-13/h4-5,10-12H,6-9H2,1-3H3,(H,23,24). The first-order valence-electron chi connectivity index (χ1n) is 8.06. The third-order valence-corrected chi connectivity index (χ3v) is 4.48. The van der Waals surface area contributed by atoms with Crippen LogP contribution in [0.1, 0.15) is 47.5 Å². The monoisotopic (exact) mass is 333 g/mol. The van der Waals surface area contributed by atoms with Crippen molar-refractivity contribution in [2.75, 3.05) is 20.1 Å². The minimum atomic E-state index is -1.12. The third-order valence-electron chi connectivity index (χ3n) is 4.48. The Morgan fingerprint density at radius 2 is 1.88 bits per heavy atom. The molecule has 2 heterocycles. The zero-order valence-electron chi connectivity index (χ0n) is 14.2. The smallest absolute Gasteiger partial charge is 0.354 e. The predicted octanol–water partition coefficient (Wildman–Crippen LogP) is 1.50. The first kappa shape index (κ1) is 17.9. The Morgan fingerprint density at radius 1 is 1.25 bits per heavy atom. The number of likely N-dealkylation sites (tertiary alicyclic amines) is 1. The average Bonchev–Trinajstić information content (AvgIpc) is 2.60. The van der Waals surface area contributed by atoms with Gasteiger partial charge in [0, 0.05) is 38.3 Å². The average molecular weight is 333 g/mol. The second-order valence-corrected chi connectivity index (χ2v) is 6.35. The summed E-state index contributed by atoms with van der Waals surface area (Å²) >= 11 is 0. The zero-order valence-corrected chi connectivity index (χ0v) is 14.2. The highest BCUT2D eigenvalue weighted by Crippen LogP contribution is 2.21. The lowest BCUT2D eigenvalue weighted by Crippen LogP contribution is -2.45. The number of hydrogen-bond acceptors (Lipinski definition) is 4. The number of rotatable bonds is 4. The van der Waals surface area contributed by atoms with Crippen molar-refractivity contribution in [1.82, 2.24) is 14.8 Å². The van der Waals surface area contributed by atoms with E-state index in [0.29, 0.717) is 31.5 Å². The summed E-state index contributed by atoms with van der Waals surface area (Å²) in [7, 11) is 1.81. The quantitative estimate of drug-likeness (QED) is 0.901. The van der Waals surface area contributed by atoms with Crippen molar-refractivity contribution in [2.24, 2.45) is 5.92 Å². The summed E-state index contributed by atoms with van der Waals surface area (Å²) in [6.07, 6.45) is 2.57. The molecule has 0 aliphatic carbocycles. The number of aromatic carboxylic acids is 1. The van der Waals surface area contributed by atoms with Crippen molar-refractivity contribution >= 4 is 17.8 Å². The van der Waals surface area contributed by atoms with E-state index in [-0.39, 0.29) is 29.5 Å². The topological polar surface area (TPSA) is 90.8 Å². The first-order valence-corrected chi connectivity index (χ1v) is 8.06. The highest BCUT2D eigenvalue weighted by molar-refractivity contribution is 5.95. The Bertz CT molecular complexity index is 619. The van der Waals surface area contributed by atoms with Crippen molar-refractivity contribution in [1.29, 1.82) is 0 Å². The normalized spacial score (nSPS) is 15.4. The van der Waals surface area contributed by atoms with Crippen LogP contribution in [0.5, 0.6) is 0 Å². The summed E-state index contributed by atoms with van der Waals surface area (Å²) < 4.78 is 0. The molecule has 0 saturated carbocycles. The molecule has 2 amide bonds. The van der Waals surface area contributed by atoms with Gasteiger partial charge in [-0.25, -0.2) is 9.78 Å². The maximum atomic E-state index is 12.4. The van der Waals surface area contributed by atoms with E-state index >= 15 is 0 Å². The highest BCUT2D eigenvalue weighted by Gasteiger charge is 2.30. The van der Waals surface area contributed by atoms with E-state index in [4.69, 9.17) is 5.11 Å². The number of carboxylic acid groups (broad SMARTS) is 1. The lowest BCUT2D eigenvalue weighted by molar-refractivity contribution is -0.137. The van der Waals surface area contributed by atoms with Gasteiger partial charge in [0.25, 0.3) is 5.91 Å². The van der Waals surface area contributed by atoms with Gasteiger partial charge in [-0.3, -0.25) is 9.59 Å². The fourth-order valence-electron chi connectivity index (χ4n) is 2.70. The van der Waals surface area contributed by atoms with Crippen LogP contribution in [0, 0.1) is 5.92 Å². The van der Waals surface area contributed by atoms with Crippen molar-refractivity contribution in [3.05, 3.63) is 29.6 Å². The van der Waals surface area contributed by atoms with Crippen LogP contribution in [0.25, 0.3) is 0 Å². The van der Waals surface area contributed by atoms with Gasteiger partial charge < -0.3 is 14.9 Å². The Hall–Kier alpha value is -2.44. The van der Waals surface area contributed by atoms with Gasteiger partial charge in [-0.1, -0.05) is 0 Å². The Balaban J connectivity index is 1.95. The molecule has 0 radical (unpaired) electrons. The van der Waals surface area contributed by atoms with E-state index in [1.54, 1.807) is 16.8 Å². The summed E-state index contributed by atoms with van der Waals surface area (Å²) in [5.41, 5.74) is 0.275. The number of carbonyl (C=O) groups is 3. The minimum absolute atomic E-state index is 0.0473. The Morgan fingerprint density at radius 3 is 2.33 bits per heavy atom. The number of nitrogens with zero attached hydrogens (tertiary/aromatic N) is 3. The molecule has 0 aromatic carbocycles. The first-order chi connectivity index (χ1) is 11.3. The molecule has 24 heavy (non-hydrogen) atoms. The van der Waals surface area contributed by atoms with Crippen LogP contribution in [-0.2, 0) is 4.79 Å². The summed E-state index contributed by atoms with van der Waals surface area (Å²) in [4.78, 5) is 42.8. The fourth-order valence-corrected chi connectivity index (χ4v) is 2.70. The maximum absolute atomic E-state index is 12.4. The van der Waals surface area contributed by atoms with Gasteiger partial charge in [0.05, 0.1) is 5.56 Å². The molecule has 1 saturated heterocycles. The van der Waals surface area contributed by atoms with Crippen LogP contribution < -0.4 is 0 Å². The number of amides is 2. The number of piperidine rings is 1. The van der Waals surface area contributed by atoms with E-state index in [9.17, 15) is 14.4 Å². The van der Waals surface area contributed by atoms with Crippen LogP contribution in [0.2, 0.25) is 0 Å². The molecule has 0 bridgehead atoms. The van der Waals surface area contributed by atoms with Crippen molar-refractivity contribution in [3.8, 4) is 0 Å². The van der Waals surface area contributed by atoms with Gasteiger partial charge in [-0.15, -0.1) is 0 Å². The molecule has 1 N–H and O–H groups in total. The molecule has 1 aliphatic rings. The molecule has 1 aliphatic heterocycles. The lowest BCUT2D eigenvalue weighted by Gasteiger charge is -2.34. The number of aromatic nitrogens is 1. The molecule has 130 valence electrons. The van der Waals surface area contributed by atoms with Gasteiger partial charge >= 0.3 is 5.97 Å². The maximum Gasteiger partial charge on any atom is 0.354 e. The van der Waals surface area contributed by atoms with E-state index in [1.165, 1.54) is 18.3 Å². The number of pyridine rings is 1. The van der Waals surface area contributed by atoms with Crippen LogP contribution in [-0.4, -0.2) is 63.9 Å². The third kappa shape index (κ3) is 3.90. The van der Waals surface area contributed by atoms with Crippen LogP contribution in [0.3, 0.4) is 0 Å². The molecule has 7 heteroatoms. The molecule has 0 spiro atoms. The van der Waals surface area contributed by atoms with E-state index in [2.05, 4.69) is 4.98 Å². The largest absolute Gasteiger partial charge is 0.477 e. The number of hydrogen-bond donors (Lipinski definition) is 1. The van der Waals surface area contributed by atoms with Crippen LogP contribution in [0.15, 0.2) is 18.3 Å². The molecule has 7 nitrogen and oxygen atoms in total. The van der Waals surface area contributed by atoms with Crippen LogP contribution >= 0.6 is 0 Å². The fraction of sp³-hybridized carbons (Fsp3) is 0.529. The molecule has 1 aromatic rings. The van der Waals surface area contributed by atoms with Gasteiger partial charge in [0.1, 0.15) is 5.69 Å². The second kappa shape index (κ2) is 7.42. The zero-order chi connectivity index (χ0) is 17.9. The summed E-state index contributed by atoms with van der Waals surface area (Å²) in [6, 6.07) is 2.96. The SMILES string of the molecule is CC(C)N(C)C(=O)C1CCN(C(=O)c2ccc(C(=O)O)nc2)CC1. The van der Waals surface area contributed by atoms with Crippen molar-refractivity contribution in [3.63, 3.8) is 0 Å².